The Morgan fingerprint density at radius 3 is 2.95 bits per heavy atom. The standard InChI is InChI=1S/C14H20N6/c1-20-9-16-13-11(15)7-12(18-14(13)20)19-17-8-10-5-3-2-4-6-10/h7,9-10H,2-6,8H2,1H3,(H2,15,18). The molecular formula is C14H20N6. The molecule has 0 saturated heterocycles. The van der Waals surface area contributed by atoms with Crippen LogP contribution in [0.25, 0.3) is 11.2 Å². The number of azo groups is 1. The summed E-state index contributed by atoms with van der Waals surface area (Å²) in [4.78, 5) is 8.65. The van der Waals surface area contributed by atoms with Gasteiger partial charge in [0.15, 0.2) is 11.5 Å². The van der Waals surface area contributed by atoms with Crippen LogP contribution in [-0.2, 0) is 7.05 Å². The highest BCUT2D eigenvalue weighted by Crippen LogP contribution is 2.25. The molecule has 0 amide bonds. The van der Waals surface area contributed by atoms with Crippen LogP contribution in [0.5, 0.6) is 0 Å². The topological polar surface area (TPSA) is 81.5 Å². The van der Waals surface area contributed by atoms with Gasteiger partial charge in [0.1, 0.15) is 5.52 Å². The molecule has 106 valence electrons. The van der Waals surface area contributed by atoms with Crippen molar-refractivity contribution in [1.29, 1.82) is 0 Å². The quantitative estimate of drug-likeness (QED) is 0.871. The van der Waals surface area contributed by atoms with Gasteiger partial charge in [-0.15, -0.1) is 5.11 Å². The number of pyridine rings is 1. The summed E-state index contributed by atoms with van der Waals surface area (Å²) < 4.78 is 1.84. The summed E-state index contributed by atoms with van der Waals surface area (Å²) in [5, 5.41) is 8.53. The van der Waals surface area contributed by atoms with E-state index in [0.717, 1.165) is 17.7 Å². The van der Waals surface area contributed by atoms with Gasteiger partial charge in [0, 0.05) is 13.1 Å². The summed E-state index contributed by atoms with van der Waals surface area (Å²) in [6.45, 7) is 0.797. The number of hydrogen-bond acceptors (Lipinski definition) is 5. The van der Waals surface area contributed by atoms with E-state index in [-0.39, 0.29) is 0 Å². The van der Waals surface area contributed by atoms with Gasteiger partial charge < -0.3 is 10.3 Å². The summed E-state index contributed by atoms with van der Waals surface area (Å²) in [5.41, 5.74) is 8.03. The summed E-state index contributed by atoms with van der Waals surface area (Å²) >= 11 is 0. The maximum atomic E-state index is 5.97. The van der Waals surface area contributed by atoms with Crippen LogP contribution in [-0.4, -0.2) is 21.1 Å². The van der Waals surface area contributed by atoms with E-state index >= 15 is 0 Å². The van der Waals surface area contributed by atoms with Gasteiger partial charge in [0.2, 0.25) is 0 Å². The lowest BCUT2D eigenvalue weighted by molar-refractivity contribution is 0.363. The third-order valence-electron chi connectivity index (χ3n) is 3.92. The molecule has 6 nitrogen and oxygen atoms in total. The first-order valence-electron chi connectivity index (χ1n) is 7.19. The van der Waals surface area contributed by atoms with E-state index in [0.29, 0.717) is 17.4 Å². The molecule has 20 heavy (non-hydrogen) atoms. The van der Waals surface area contributed by atoms with Crippen molar-refractivity contribution in [3.8, 4) is 0 Å². The first-order valence-corrected chi connectivity index (χ1v) is 7.19. The number of nitrogens with two attached hydrogens (primary N) is 1. The lowest BCUT2D eigenvalue weighted by Crippen LogP contribution is -2.08. The zero-order valence-corrected chi connectivity index (χ0v) is 11.8. The summed E-state index contributed by atoms with van der Waals surface area (Å²) in [6.07, 6.45) is 8.27. The Morgan fingerprint density at radius 2 is 2.15 bits per heavy atom. The predicted molar refractivity (Wildman–Crippen MR) is 78.9 cm³/mol. The highest BCUT2D eigenvalue weighted by molar-refractivity contribution is 5.85. The Bertz CT molecular complexity index is 624. The van der Waals surface area contributed by atoms with E-state index in [9.17, 15) is 0 Å². The summed E-state index contributed by atoms with van der Waals surface area (Å²) in [5.74, 6) is 1.25. The molecule has 1 aliphatic carbocycles. The maximum Gasteiger partial charge on any atom is 0.178 e. The number of anilines is 1. The highest BCUT2D eigenvalue weighted by atomic mass is 15.2. The average Bonchev–Trinajstić information content (AvgIpc) is 2.82. The predicted octanol–water partition coefficient (Wildman–Crippen LogP) is 3.21. The van der Waals surface area contributed by atoms with E-state index in [1.165, 1.54) is 32.1 Å². The molecule has 2 aromatic rings. The van der Waals surface area contributed by atoms with Gasteiger partial charge in [0.25, 0.3) is 0 Å². The minimum atomic E-state index is 0.564. The molecule has 0 atom stereocenters. The SMILES string of the molecule is Cn1cnc2c(N)cc(N=NCC3CCCCC3)nc21. The Hall–Kier alpha value is -1.98. The molecule has 0 spiro atoms. The van der Waals surface area contributed by atoms with Crippen molar-refractivity contribution >= 4 is 22.7 Å². The summed E-state index contributed by atoms with van der Waals surface area (Å²) in [6, 6.07) is 1.74. The smallest absolute Gasteiger partial charge is 0.178 e. The first kappa shape index (κ1) is 13.0. The molecule has 3 rings (SSSR count). The van der Waals surface area contributed by atoms with E-state index in [4.69, 9.17) is 5.73 Å². The Labute approximate surface area is 118 Å². The first-order chi connectivity index (χ1) is 9.74. The van der Waals surface area contributed by atoms with E-state index in [2.05, 4.69) is 20.2 Å². The molecule has 1 fully saturated rings. The fraction of sp³-hybridized carbons (Fsp3) is 0.571. The molecule has 0 radical (unpaired) electrons. The van der Waals surface area contributed by atoms with Gasteiger partial charge in [-0.05, 0) is 18.8 Å². The third-order valence-corrected chi connectivity index (χ3v) is 3.92. The maximum absolute atomic E-state index is 5.97. The van der Waals surface area contributed by atoms with Crippen LogP contribution >= 0.6 is 0 Å². The Morgan fingerprint density at radius 1 is 1.35 bits per heavy atom. The molecule has 6 heteroatoms. The van der Waals surface area contributed by atoms with Gasteiger partial charge >= 0.3 is 0 Å². The van der Waals surface area contributed by atoms with E-state index in [1.807, 2.05) is 11.6 Å². The number of aryl methyl sites for hydroxylation is 1. The normalized spacial score (nSPS) is 17.2. The van der Waals surface area contributed by atoms with Crippen molar-refractivity contribution in [3.05, 3.63) is 12.4 Å². The Kier molecular flexibility index (Phi) is 3.62. The van der Waals surface area contributed by atoms with Gasteiger partial charge in [-0.3, -0.25) is 0 Å². The van der Waals surface area contributed by atoms with Crippen LogP contribution in [0, 0.1) is 5.92 Å². The monoisotopic (exact) mass is 272 g/mol. The van der Waals surface area contributed by atoms with E-state index in [1.54, 1.807) is 12.4 Å². The lowest BCUT2D eigenvalue weighted by atomic mass is 9.89. The van der Waals surface area contributed by atoms with Crippen LogP contribution in [0.4, 0.5) is 11.5 Å². The van der Waals surface area contributed by atoms with Crippen molar-refractivity contribution in [2.24, 2.45) is 23.2 Å². The molecule has 1 aliphatic rings. The number of rotatable bonds is 3. The number of aromatic nitrogens is 3. The second kappa shape index (κ2) is 5.56. The van der Waals surface area contributed by atoms with Gasteiger partial charge in [0.05, 0.1) is 18.6 Å². The van der Waals surface area contributed by atoms with Crippen molar-refractivity contribution in [2.75, 3.05) is 12.3 Å². The fourth-order valence-electron chi connectivity index (χ4n) is 2.76. The van der Waals surface area contributed by atoms with Gasteiger partial charge in [-0.25, -0.2) is 9.97 Å². The van der Waals surface area contributed by atoms with Crippen LogP contribution in [0.2, 0.25) is 0 Å². The van der Waals surface area contributed by atoms with Gasteiger partial charge in [-0.1, -0.05) is 19.3 Å². The third kappa shape index (κ3) is 2.64. The highest BCUT2D eigenvalue weighted by Gasteiger charge is 2.12. The molecule has 0 unspecified atom stereocenters. The van der Waals surface area contributed by atoms with Crippen LogP contribution < -0.4 is 5.73 Å². The molecule has 1 saturated carbocycles. The Balaban J connectivity index is 1.74. The van der Waals surface area contributed by atoms with Crippen LogP contribution in [0.1, 0.15) is 32.1 Å². The van der Waals surface area contributed by atoms with Crippen LogP contribution in [0.15, 0.2) is 22.6 Å². The number of imidazole rings is 1. The molecule has 0 aliphatic heterocycles. The van der Waals surface area contributed by atoms with Crippen molar-refractivity contribution < 1.29 is 0 Å². The molecule has 0 bridgehead atoms. The van der Waals surface area contributed by atoms with Crippen molar-refractivity contribution in [3.63, 3.8) is 0 Å². The average molecular weight is 272 g/mol. The molecule has 2 N–H and O–H groups in total. The molecule has 0 aromatic carbocycles. The number of fused-ring (bicyclic) bond motifs is 1. The minimum absolute atomic E-state index is 0.564. The van der Waals surface area contributed by atoms with Crippen molar-refractivity contribution in [1.82, 2.24) is 14.5 Å². The second-order valence-corrected chi connectivity index (χ2v) is 5.53. The largest absolute Gasteiger partial charge is 0.397 e. The molecule has 2 heterocycles. The van der Waals surface area contributed by atoms with Crippen LogP contribution in [0.3, 0.4) is 0 Å². The zero-order valence-electron chi connectivity index (χ0n) is 11.8. The zero-order chi connectivity index (χ0) is 13.9. The summed E-state index contributed by atoms with van der Waals surface area (Å²) in [7, 11) is 1.89. The number of hydrogen-bond donors (Lipinski definition) is 1. The van der Waals surface area contributed by atoms with E-state index < -0.39 is 0 Å². The van der Waals surface area contributed by atoms with Gasteiger partial charge in [-0.2, -0.15) is 5.11 Å². The molecular weight excluding hydrogens is 252 g/mol. The minimum Gasteiger partial charge on any atom is -0.397 e. The number of nitrogen functional groups attached to an aromatic ring is 1. The fourth-order valence-corrected chi connectivity index (χ4v) is 2.76. The lowest BCUT2D eigenvalue weighted by Gasteiger charge is -2.18. The number of nitrogens with zero attached hydrogens (tertiary/aromatic N) is 5. The molecule has 2 aromatic heterocycles. The second-order valence-electron chi connectivity index (χ2n) is 5.53. The van der Waals surface area contributed by atoms with Crippen molar-refractivity contribution in [2.45, 2.75) is 32.1 Å².